The largest absolute Gasteiger partial charge is 0.381 e. The Bertz CT molecular complexity index is 1300. The Balaban J connectivity index is 1.63. The van der Waals surface area contributed by atoms with E-state index in [1.165, 1.54) is 6.33 Å². The van der Waals surface area contributed by atoms with E-state index in [9.17, 15) is 4.79 Å². The third-order valence-corrected chi connectivity index (χ3v) is 6.23. The molecule has 4 aromatic heterocycles. The molecule has 0 amide bonds. The van der Waals surface area contributed by atoms with E-state index < -0.39 is 0 Å². The van der Waals surface area contributed by atoms with Gasteiger partial charge in [0.1, 0.15) is 11.8 Å². The molecule has 0 bridgehead atoms. The number of nitrogens with zero attached hydrogens (tertiary/aromatic N) is 7. The molecule has 0 radical (unpaired) electrons. The van der Waals surface area contributed by atoms with Crippen LogP contribution in [0.1, 0.15) is 31.7 Å². The van der Waals surface area contributed by atoms with Crippen LogP contribution in [-0.2, 0) is 17.3 Å². The summed E-state index contributed by atoms with van der Waals surface area (Å²) >= 11 is 0. The average Bonchev–Trinajstić information content (AvgIpc) is 3.31. The van der Waals surface area contributed by atoms with E-state index in [0.717, 1.165) is 36.2 Å². The van der Waals surface area contributed by atoms with Crippen molar-refractivity contribution in [2.24, 2.45) is 7.05 Å². The minimum atomic E-state index is -0.296. The molecule has 1 fully saturated rings. The minimum absolute atomic E-state index is 0.0691. The van der Waals surface area contributed by atoms with Crippen LogP contribution in [0.2, 0.25) is 0 Å². The van der Waals surface area contributed by atoms with Gasteiger partial charge in [0.15, 0.2) is 11.3 Å². The number of pyridine rings is 1. The smallest absolute Gasteiger partial charge is 0.330 e. The molecule has 0 atom stereocenters. The molecule has 30 heavy (non-hydrogen) atoms. The maximum Gasteiger partial charge on any atom is 0.330 e. The SMILES string of the molecule is CCC1(n2c(=O)n(C)c3cnc(Nc4cn5ncnc5cc4C)nc32)CCOCC1. The molecular formula is C20H24N8O2. The Kier molecular flexibility index (Phi) is 4.31. The highest BCUT2D eigenvalue weighted by atomic mass is 16.5. The zero-order valence-corrected chi connectivity index (χ0v) is 17.3. The molecule has 0 aromatic carbocycles. The Morgan fingerprint density at radius 1 is 1.27 bits per heavy atom. The molecule has 0 spiro atoms. The Morgan fingerprint density at radius 3 is 2.83 bits per heavy atom. The first kappa shape index (κ1) is 18.7. The van der Waals surface area contributed by atoms with Gasteiger partial charge in [-0.2, -0.15) is 10.1 Å². The van der Waals surface area contributed by atoms with Crippen LogP contribution in [0.5, 0.6) is 0 Å². The lowest BCUT2D eigenvalue weighted by Crippen LogP contribution is -2.45. The quantitative estimate of drug-likeness (QED) is 0.552. The fourth-order valence-corrected chi connectivity index (χ4v) is 4.29. The van der Waals surface area contributed by atoms with Crippen LogP contribution < -0.4 is 11.0 Å². The van der Waals surface area contributed by atoms with Crippen LogP contribution in [0.25, 0.3) is 16.8 Å². The summed E-state index contributed by atoms with van der Waals surface area (Å²) < 4.78 is 10.7. The van der Waals surface area contributed by atoms with E-state index in [2.05, 4.69) is 27.3 Å². The molecule has 0 unspecified atom stereocenters. The molecule has 10 heteroatoms. The predicted octanol–water partition coefficient (Wildman–Crippen LogP) is 2.14. The Hall–Kier alpha value is -3.27. The van der Waals surface area contributed by atoms with Crippen molar-refractivity contribution in [1.29, 1.82) is 0 Å². The molecule has 10 nitrogen and oxygen atoms in total. The molecule has 1 N–H and O–H groups in total. The van der Waals surface area contributed by atoms with E-state index >= 15 is 0 Å². The zero-order chi connectivity index (χ0) is 20.9. The second-order valence-corrected chi connectivity index (χ2v) is 7.83. The second kappa shape index (κ2) is 6.91. The van der Waals surface area contributed by atoms with Gasteiger partial charge >= 0.3 is 5.69 Å². The number of nitrogens with one attached hydrogen (secondary N) is 1. The summed E-state index contributed by atoms with van der Waals surface area (Å²) in [5, 5.41) is 7.46. The Labute approximate surface area is 172 Å². The number of rotatable bonds is 4. The van der Waals surface area contributed by atoms with Crippen molar-refractivity contribution in [2.45, 2.75) is 38.6 Å². The van der Waals surface area contributed by atoms with Crippen molar-refractivity contribution >= 4 is 28.4 Å². The zero-order valence-electron chi connectivity index (χ0n) is 17.3. The highest BCUT2D eigenvalue weighted by Gasteiger charge is 2.36. The van der Waals surface area contributed by atoms with Crippen LogP contribution >= 0.6 is 0 Å². The number of fused-ring (bicyclic) bond motifs is 2. The number of anilines is 2. The van der Waals surface area contributed by atoms with Gasteiger partial charge in [0.05, 0.1) is 23.6 Å². The average molecular weight is 408 g/mol. The number of imidazole rings is 1. The van der Waals surface area contributed by atoms with Crippen molar-refractivity contribution in [3.63, 3.8) is 0 Å². The number of hydrogen-bond donors (Lipinski definition) is 1. The van der Waals surface area contributed by atoms with E-state index in [1.54, 1.807) is 22.3 Å². The normalized spacial score (nSPS) is 16.4. The summed E-state index contributed by atoms with van der Waals surface area (Å²) in [7, 11) is 1.77. The van der Waals surface area contributed by atoms with Crippen LogP contribution in [0.3, 0.4) is 0 Å². The molecule has 5 rings (SSSR count). The number of hydrogen-bond acceptors (Lipinski definition) is 7. The van der Waals surface area contributed by atoms with Crippen LogP contribution in [0.15, 0.2) is 29.6 Å². The molecule has 1 aliphatic heterocycles. The van der Waals surface area contributed by atoms with Gasteiger partial charge in [-0.3, -0.25) is 9.13 Å². The van der Waals surface area contributed by atoms with Gasteiger partial charge in [0.25, 0.3) is 0 Å². The third-order valence-electron chi connectivity index (χ3n) is 6.23. The molecular weight excluding hydrogens is 384 g/mol. The third kappa shape index (κ3) is 2.78. The number of ether oxygens (including phenoxy) is 1. The standard InChI is InChI=1S/C20H24N8O2/c1-4-20(5-7-30-8-6-20)28-17-15(26(3)19(28)29)10-21-18(25-17)24-14-11-27-16(9-13(14)2)22-12-23-27/h9-12H,4-8H2,1-3H3,(H,21,24,25). The predicted molar refractivity (Wildman–Crippen MR) is 112 cm³/mol. The lowest BCUT2D eigenvalue weighted by atomic mass is 9.87. The van der Waals surface area contributed by atoms with Crippen LogP contribution in [0.4, 0.5) is 11.6 Å². The lowest BCUT2D eigenvalue weighted by Gasteiger charge is -2.37. The number of aryl methyl sites for hydroxylation is 2. The van der Waals surface area contributed by atoms with E-state index in [-0.39, 0.29) is 11.2 Å². The fraction of sp³-hybridized carbons (Fsp3) is 0.450. The van der Waals surface area contributed by atoms with E-state index in [0.29, 0.717) is 30.3 Å². The van der Waals surface area contributed by atoms with Gasteiger partial charge in [0, 0.05) is 20.3 Å². The topological polar surface area (TPSA) is 104 Å². The first-order valence-corrected chi connectivity index (χ1v) is 10.1. The first-order chi connectivity index (χ1) is 14.5. The van der Waals surface area contributed by atoms with Gasteiger partial charge in [0.2, 0.25) is 5.95 Å². The van der Waals surface area contributed by atoms with Gasteiger partial charge in [-0.1, -0.05) is 6.92 Å². The van der Waals surface area contributed by atoms with Gasteiger partial charge < -0.3 is 10.1 Å². The summed E-state index contributed by atoms with van der Waals surface area (Å²) in [6.07, 6.45) is 7.49. The molecule has 1 saturated heterocycles. The second-order valence-electron chi connectivity index (χ2n) is 7.83. The van der Waals surface area contributed by atoms with Crippen molar-refractivity contribution in [3.8, 4) is 0 Å². The maximum absolute atomic E-state index is 13.2. The van der Waals surface area contributed by atoms with Gasteiger partial charge in [-0.05, 0) is 37.8 Å². The van der Waals surface area contributed by atoms with Gasteiger partial charge in [-0.15, -0.1) is 0 Å². The summed E-state index contributed by atoms with van der Waals surface area (Å²) in [6.45, 7) is 5.39. The number of aromatic nitrogens is 7. The van der Waals surface area contributed by atoms with Gasteiger partial charge in [-0.25, -0.2) is 19.3 Å². The van der Waals surface area contributed by atoms with E-state index in [4.69, 9.17) is 9.72 Å². The summed E-state index contributed by atoms with van der Waals surface area (Å²) in [5.74, 6) is 0.433. The van der Waals surface area contributed by atoms with Crippen molar-refractivity contribution in [1.82, 2.24) is 33.7 Å². The van der Waals surface area contributed by atoms with Crippen molar-refractivity contribution < 1.29 is 4.74 Å². The van der Waals surface area contributed by atoms with Crippen LogP contribution in [-0.4, -0.2) is 46.9 Å². The Morgan fingerprint density at radius 2 is 2.07 bits per heavy atom. The maximum atomic E-state index is 13.2. The first-order valence-electron chi connectivity index (χ1n) is 10.1. The summed E-state index contributed by atoms with van der Waals surface area (Å²) in [6, 6.07) is 1.94. The molecule has 1 aliphatic rings. The minimum Gasteiger partial charge on any atom is -0.381 e. The van der Waals surface area contributed by atoms with Crippen molar-refractivity contribution in [3.05, 3.63) is 40.8 Å². The van der Waals surface area contributed by atoms with Crippen LogP contribution in [0, 0.1) is 6.92 Å². The molecule has 0 saturated carbocycles. The summed E-state index contributed by atoms with van der Waals surface area (Å²) in [4.78, 5) is 26.6. The van der Waals surface area contributed by atoms with Crippen molar-refractivity contribution in [2.75, 3.05) is 18.5 Å². The molecule has 5 heterocycles. The summed E-state index contributed by atoms with van der Waals surface area (Å²) in [5.41, 5.74) is 3.59. The highest BCUT2D eigenvalue weighted by molar-refractivity contribution is 5.73. The molecule has 156 valence electrons. The lowest BCUT2D eigenvalue weighted by molar-refractivity contribution is 0.0188. The molecule has 0 aliphatic carbocycles. The fourth-order valence-electron chi connectivity index (χ4n) is 4.29. The molecule has 4 aromatic rings. The highest BCUT2D eigenvalue weighted by Crippen LogP contribution is 2.34. The monoisotopic (exact) mass is 408 g/mol. The van der Waals surface area contributed by atoms with E-state index in [1.807, 2.05) is 23.8 Å².